The molecule has 0 aliphatic rings. The van der Waals surface area contributed by atoms with Gasteiger partial charge in [-0.1, -0.05) is 44.5 Å². The number of hydrogen-bond donors (Lipinski definition) is 1. The Hall–Kier alpha value is -1.10. The molecule has 1 atom stereocenters. The standard InChI is InChI=1S/C21H35ClN2O2/c1-4-8-21(26)24(14-6-3)20(18-9-11-19(22)12-10-18)17-23(13-5-2)15-7-16-25/h9-12,20,25H,4-8,13-17H2,1-3H3/t20-/m1/s1. The molecular weight excluding hydrogens is 348 g/mol. The van der Waals surface area contributed by atoms with E-state index in [1.807, 2.05) is 36.1 Å². The van der Waals surface area contributed by atoms with E-state index in [9.17, 15) is 9.90 Å². The lowest BCUT2D eigenvalue weighted by atomic mass is 10.0. The summed E-state index contributed by atoms with van der Waals surface area (Å²) in [6, 6.07) is 7.87. The topological polar surface area (TPSA) is 43.8 Å². The fourth-order valence-electron chi connectivity index (χ4n) is 3.27. The first kappa shape index (κ1) is 22.9. The molecule has 0 aliphatic heterocycles. The van der Waals surface area contributed by atoms with E-state index >= 15 is 0 Å². The number of carbonyl (C=O) groups is 1. The Morgan fingerprint density at radius 1 is 1.04 bits per heavy atom. The third-order valence-corrected chi connectivity index (χ3v) is 4.74. The maximum absolute atomic E-state index is 12.8. The number of aliphatic hydroxyl groups is 1. The van der Waals surface area contributed by atoms with Crippen LogP contribution in [0, 0.1) is 0 Å². The summed E-state index contributed by atoms with van der Waals surface area (Å²) in [7, 11) is 0. The molecule has 4 nitrogen and oxygen atoms in total. The van der Waals surface area contributed by atoms with Gasteiger partial charge in [-0.25, -0.2) is 0 Å². The molecule has 26 heavy (non-hydrogen) atoms. The highest BCUT2D eigenvalue weighted by Crippen LogP contribution is 2.25. The average molecular weight is 383 g/mol. The van der Waals surface area contributed by atoms with Gasteiger partial charge in [0.2, 0.25) is 5.91 Å². The monoisotopic (exact) mass is 382 g/mol. The Kier molecular flexibility index (Phi) is 11.6. The van der Waals surface area contributed by atoms with E-state index in [2.05, 4.69) is 18.7 Å². The van der Waals surface area contributed by atoms with E-state index in [1.54, 1.807) is 0 Å². The number of nitrogens with zero attached hydrogens (tertiary/aromatic N) is 2. The molecule has 0 unspecified atom stereocenters. The number of rotatable bonds is 13. The van der Waals surface area contributed by atoms with Crippen molar-refractivity contribution >= 4 is 17.5 Å². The van der Waals surface area contributed by atoms with Gasteiger partial charge in [-0.15, -0.1) is 0 Å². The van der Waals surface area contributed by atoms with Crippen molar-refractivity contribution in [3.8, 4) is 0 Å². The molecule has 0 aliphatic carbocycles. The zero-order chi connectivity index (χ0) is 19.4. The van der Waals surface area contributed by atoms with Crippen LogP contribution < -0.4 is 0 Å². The smallest absolute Gasteiger partial charge is 0.223 e. The van der Waals surface area contributed by atoms with E-state index in [0.717, 1.165) is 57.4 Å². The van der Waals surface area contributed by atoms with Gasteiger partial charge in [-0.3, -0.25) is 4.79 Å². The number of halogens is 1. The normalized spacial score (nSPS) is 12.4. The Morgan fingerprint density at radius 3 is 2.23 bits per heavy atom. The second kappa shape index (κ2) is 13.1. The fraction of sp³-hybridized carbons (Fsp3) is 0.667. The Morgan fingerprint density at radius 2 is 1.69 bits per heavy atom. The lowest BCUT2D eigenvalue weighted by molar-refractivity contribution is -0.134. The second-order valence-electron chi connectivity index (χ2n) is 6.78. The molecule has 1 aromatic carbocycles. The third kappa shape index (κ3) is 7.65. The largest absolute Gasteiger partial charge is 0.396 e. The molecule has 1 aromatic rings. The van der Waals surface area contributed by atoms with Crippen molar-refractivity contribution in [2.75, 3.05) is 32.8 Å². The highest BCUT2D eigenvalue weighted by molar-refractivity contribution is 6.30. The molecule has 0 saturated carbocycles. The van der Waals surface area contributed by atoms with Crippen LogP contribution in [0.1, 0.15) is 64.5 Å². The quantitative estimate of drug-likeness (QED) is 0.545. The number of hydrogen-bond acceptors (Lipinski definition) is 3. The first-order valence-electron chi connectivity index (χ1n) is 9.95. The van der Waals surface area contributed by atoms with Crippen LogP contribution in [0.5, 0.6) is 0 Å². The van der Waals surface area contributed by atoms with Gasteiger partial charge < -0.3 is 14.9 Å². The fourth-order valence-corrected chi connectivity index (χ4v) is 3.40. The van der Waals surface area contributed by atoms with Gasteiger partial charge in [0.15, 0.2) is 0 Å². The van der Waals surface area contributed by atoms with Gasteiger partial charge in [-0.05, 0) is 49.9 Å². The minimum absolute atomic E-state index is 0.0107. The molecule has 0 fully saturated rings. The Labute approximate surface area is 164 Å². The first-order valence-corrected chi connectivity index (χ1v) is 10.3. The van der Waals surface area contributed by atoms with Crippen LogP contribution in [0.4, 0.5) is 0 Å². The molecule has 0 aromatic heterocycles. The Balaban J connectivity index is 3.12. The van der Waals surface area contributed by atoms with Gasteiger partial charge in [-0.2, -0.15) is 0 Å². The van der Waals surface area contributed by atoms with Crippen LogP contribution >= 0.6 is 11.6 Å². The summed E-state index contributed by atoms with van der Waals surface area (Å²) in [6.07, 6.45) is 4.17. The molecule has 0 saturated heterocycles. The summed E-state index contributed by atoms with van der Waals surface area (Å²) in [5.41, 5.74) is 1.12. The SMILES string of the molecule is CCCC(=O)N(CCC)[C@H](CN(CCC)CCCO)c1ccc(Cl)cc1. The zero-order valence-electron chi connectivity index (χ0n) is 16.6. The minimum Gasteiger partial charge on any atom is -0.396 e. The minimum atomic E-state index is 0.0107. The number of benzene rings is 1. The summed E-state index contributed by atoms with van der Waals surface area (Å²) in [5.74, 6) is 0.216. The predicted octanol–water partition coefficient (Wildman–Crippen LogP) is 4.51. The number of carbonyl (C=O) groups excluding carboxylic acids is 1. The van der Waals surface area contributed by atoms with Gasteiger partial charge in [0.05, 0.1) is 6.04 Å². The highest BCUT2D eigenvalue weighted by atomic mass is 35.5. The second-order valence-corrected chi connectivity index (χ2v) is 7.22. The predicted molar refractivity (Wildman–Crippen MR) is 110 cm³/mol. The van der Waals surface area contributed by atoms with Crippen LogP contribution in [0.3, 0.4) is 0 Å². The molecule has 0 radical (unpaired) electrons. The van der Waals surface area contributed by atoms with Crippen LogP contribution in [0.2, 0.25) is 5.02 Å². The molecular formula is C21H35ClN2O2. The van der Waals surface area contributed by atoms with Crippen LogP contribution in [0.25, 0.3) is 0 Å². The Bertz CT molecular complexity index is 507. The summed E-state index contributed by atoms with van der Waals surface area (Å²) >= 11 is 6.07. The third-order valence-electron chi connectivity index (χ3n) is 4.48. The molecule has 0 bridgehead atoms. The van der Waals surface area contributed by atoms with Crippen molar-refractivity contribution in [3.63, 3.8) is 0 Å². The molecule has 0 spiro atoms. The van der Waals surface area contributed by atoms with E-state index < -0.39 is 0 Å². The van der Waals surface area contributed by atoms with Crippen LogP contribution in [-0.2, 0) is 4.79 Å². The summed E-state index contributed by atoms with van der Waals surface area (Å²) in [4.78, 5) is 17.2. The van der Waals surface area contributed by atoms with E-state index in [4.69, 9.17) is 11.6 Å². The lowest BCUT2D eigenvalue weighted by Crippen LogP contribution is -2.42. The molecule has 1 N–H and O–H groups in total. The van der Waals surface area contributed by atoms with Crippen molar-refractivity contribution in [3.05, 3.63) is 34.9 Å². The zero-order valence-corrected chi connectivity index (χ0v) is 17.3. The lowest BCUT2D eigenvalue weighted by Gasteiger charge is -2.36. The molecule has 148 valence electrons. The van der Waals surface area contributed by atoms with Crippen LogP contribution in [-0.4, -0.2) is 53.6 Å². The average Bonchev–Trinajstić information content (AvgIpc) is 2.63. The maximum atomic E-state index is 12.8. The number of amides is 1. The van der Waals surface area contributed by atoms with Crippen molar-refractivity contribution in [1.82, 2.24) is 9.80 Å². The van der Waals surface area contributed by atoms with E-state index in [0.29, 0.717) is 11.4 Å². The molecule has 0 heterocycles. The van der Waals surface area contributed by atoms with E-state index in [1.165, 1.54) is 0 Å². The van der Waals surface area contributed by atoms with Crippen molar-refractivity contribution < 1.29 is 9.90 Å². The van der Waals surface area contributed by atoms with Gasteiger partial charge in [0.25, 0.3) is 0 Å². The van der Waals surface area contributed by atoms with E-state index in [-0.39, 0.29) is 18.6 Å². The molecule has 1 amide bonds. The van der Waals surface area contributed by atoms with Gasteiger partial charge in [0.1, 0.15) is 0 Å². The number of aliphatic hydroxyl groups excluding tert-OH is 1. The molecule has 1 rings (SSSR count). The van der Waals surface area contributed by atoms with Gasteiger partial charge in [0, 0.05) is 37.7 Å². The van der Waals surface area contributed by atoms with Crippen molar-refractivity contribution in [2.24, 2.45) is 0 Å². The maximum Gasteiger partial charge on any atom is 0.223 e. The highest BCUT2D eigenvalue weighted by Gasteiger charge is 2.26. The van der Waals surface area contributed by atoms with Gasteiger partial charge >= 0.3 is 0 Å². The summed E-state index contributed by atoms with van der Waals surface area (Å²) in [5, 5.41) is 9.92. The molecule has 5 heteroatoms. The van der Waals surface area contributed by atoms with Crippen molar-refractivity contribution in [1.29, 1.82) is 0 Å². The summed E-state index contributed by atoms with van der Waals surface area (Å²) in [6.45, 7) is 9.86. The van der Waals surface area contributed by atoms with Crippen molar-refractivity contribution in [2.45, 2.75) is 58.9 Å². The summed E-state index contributed by atoms with van der Waals surface area (Å²) < 4.78 is 0. The first-order chi connectivity index (χ1) is 12.6. The van der Waals surface area contributed by atoms with Crippen LogP contribution in [0.15, 0.2) is 24.3 Å².